The lowest BCUT2D eigenvalue weighted by Gasteiger charge is -2.31. The number of rotatable bonds is 7. The van der Waals surface area contributed by atoms with Gasteiger partial charge in [0.25, 0.3) is 5.91 Å². The molecule has 5 rings (SSSR count). The van der Waals surface area contributed by atoms with Gasteiger partial charge in [0.15, 0.2) is 0 Å². The molecule has 1 aromatic heterocycles. The van der Waals surface area contributed by atoms with E-state index in [-0.39, 0.29) is 23.5 Å². The highest BCUT2D eigenvalue weighted by molar-refractivity contribution is 5.99. The lowest BCUT2D eigenvalue weighted by atomic mass is 9.95. The Morgan fingerprint density at radius 2 is 1.58 bits per heavy atom. The van der Waals surface area contributed by atoms with Crippen molar-refractivity contribution in [2.45, 2.75) is 25.8 Å². The Kier molecular flexibility index (Phi) is 7.12. The molecule has 1 saturated heterocycles. The maximum atomic E-state index is 13.8. The van der Waals surface area contributed by atoms with E-state index in [0.717, 1.165) is 16.5 Å². The molecule has 3 aromatic carbocycles. The van der Waals surface area contributed by atoms with Crippen molar-refractivity contribution in [1.29, 1.82) is 0 Å². The quantitative estimate of drug-likeness (QED) is 0.400. The van der Waals surface area contributed by atoms with Gasteiger partial charge in [-0.25, -0.2) is 4.39 Å². The van der Waals surface area contributed by atoms with E-state index in [1.165, 1.54) is 6.07 Å². The molecule has 1 N–H and O–H groups in total. The average molecular weight is 484 g/mol. The van der Waals surface area contributed by atoms with Gasteiger partial charge in [-0.05, 0) is 48.6 Å². The summed E-state index contributed by atoms with van der Waals surface area (Å²) in [7, 11) is 0. The molecule has 2 heterocycles. The number of likely N-dealkylation sites (tertiary alicyclic amines) is 1. The first-order valence-corrected chi connectivity index (χ1v) is 12.5. The number of carbonyl (C=O) groups is 2. The van der Waals surface area contributed by atoms with Crippen LogP contribution in [0.5, 0.6) is 0 Å². The summed E-state index contributed by atoms with van der Waals surface area (Å²) in [4.78, 5) is 28.1. The van der Waals surface area contributed by atoms with Crippen molar-refractivity contribution in [1.82, 2.24) is 14.8 Å². The first-order valence-electron chi connectivity index (χ1n) is 12.5. The molecule has 184 valence electrons. The minimum atomic E-state index is -0.247. The lowest BCUT2D eigenvalue weighted by molar-refractivity contribution is -0.126. The van der Waals surface area contributed by atoms with E-state index < -0.39 is 0 Å². The molecular formula is C30H30FN3O2. The Bertz CT molecular complexity index is 1360. The Balaban J connectivity index is 1.22. The van der Waals surface area contributed by atoms with Gasteiger partial charge in [0.2, 0.25) is 5.91 Å². The van der Waals surface area contributed by atoms with E-state index in [2.05, 4.69) is 22.0 Å². The molecule has 0 saturated carbocycles. The van der Waals surface area contributed by atoms with E-state index in [1.807, 2.05) is 53.4 Å². The molecule has 0 aliphatic carbocycles. The van der Waals surface area contributed by atoms with Gasteiger partial charge in [0.1, 0.15) is 11.5 Å². The van der Waals surface area contributed by atoms with Crippen molar-refractivity contribution in [2.24, 2.45) is 5.92 Å². The fourth-order valence-electron chi connectivity index (χ4n) is 5.00. The van der Waals surface area contributed by atoms with Gasteiger partial charge >= 0.3 is 0 Å². The van der Waals surface area contributed by atoms with Gasteiger partial charge in [-0.3, -0.25) is 9.59 Å². The number of amides is 2. The highest BCUT2D eigenvalue weighted by Gasteiger charge is 2.29. The summed E-state index contributed by atoms with van der Waals surface area (Å²) in [6.45, 7) is 2.10. The highest BCUT2D eigenvalue weighted by Crippen LogP contribution is 2.25. The zero-order valence-electron chi connectivity index (χ0n) is 20.2. The van der Waals surface area contributed by atoms with Gasteiger partial charge in [-0.15, -0.1) is 0 Å². The van der Waals surface area contributed by atoms with Crippen molar-refractivity contribution in [2.75, 3.05) is 19.6 Å². The summed E-state index contributed by atoms with van der Waals surface area (Å²) >= 11 is 0. The van der Waals surface area contributed by atoms with Gasteiger partial charge < -0.3 is 14.8 Å². The number of hydrogen-bond donors (Lipinski definition) is 1. The number of nitrogens with zero attached hydrogens (tertiary/aromatic N) is 2. The molecule has 0 radical (unpaired) electrons. The summed E-state index contributed by atoms with van der Waals surface area (Å²) in [6, 6.07) is 26.8. The summed E-state index contributed by atoms with van der Waals surface area (Å²) in [5.74, 6) is -0.398. The van der Waals surface area contributed by atoms with E-state index in [4.69, 9.17) is 0 Å². The molecule has 6 heteroatoms. The predicted octanol–water partition coefficient (Wildman–Crippen LogP) is 5.04. The Morgan fingerprint density at radius 1 is 0.889 bits per heavy atom. The van der Waals surface area contributed by atoms with Crippen LogP contribution < -0.4 is 5.32 Å². The minimum Gasteiger partial charge on any atom is -0.356 e. The normalized spacial score (nSPS) is 14.2. The Hall–Kier alpha value is -3.93. The topological polar surface area (TPSA) is 54.3 Å². The summed E-state index contributed by atoms with van der Waals surface area (Å²) in [5.41, 5.74) is 3.45. The third-order valence-electron chi connectivity index (χ3n) is 7.02. The number of piperidine rings is 1. The standard InChI is InChI=1S/C30H30FN3O2/c31-26-12-6-4-10-23(26)14-17-32-29(35)24-15-18-33(19-16-24)30(36)28-20-25-11-5-7-13-27(25)34(28)21-22-8-2-1-3-9-22/h1-13,20,24H,14-19,21H2,(H,32,35). The summed E-state index contributed by atoms with van der Waals surface area (Å²) in [6.07, 6.45) is 1.70. The van der Waals surface area contributed by atoms with E-state index >= 15 is 0 Å². The van der Waals surface area contributed by atoms with Crippen LogP contribution in [0.25, 0.3) is 10.9 Å². The van der Waals surface area contributed by atoms with Crippen LogP contribution in [0.15, 0.2) is 84.9 Å². The van der Waals surface area contributed by atoms with Crippen LogP contribution in [-0.2, 0) is 17.8 Å². The largest absolute Gasteiger partial charge is 0.356 e. The van der Waals surface area contributed by atoms with Crippen LogP contribution in [0.4, 0.5) is 4.39 Å². The number of hydrogen-bond acceptors (Lipinski definition) is 2. The third kappa shape index (κ3) is 5.18. The lowest BCUT2D eigenvalue weighted by Crippen LogP contribution is -2.43. The molecule has 0 atom stereocenters. The molecule has 0 bridgehead atoms. The van der Waals surface area contributed by atoms with Gasteiger partial charge in [-0.1, -0.05) is 66.7 Å². The number of para-hydroxylation sites is 1. The second kappa shape index (κ2) is 10.8. The Labute approximate surface area is 210 Å². The van der Waals surface area contributed by atoms with Crippen molar-refractivity contribution >= 4 is 22.7 Å². The van der Waals surface area contributed by atoms with Crippen LogP contribution in [0, 0.1) is 11.7 Å². The van der Waals surface area contributed by atoms with Crippen molar-refractivity contribution in [3.63, 3.8) is 0 Å². The second-order valence-electron chi connectivity index (χ2n) is 9.36. The number of aromatic nitrogens is 1. The Morgan fingerprint density at radius 3 is 2.36 bits per heavy atom. The third-order valence-corrected chi connectivity index (χ3v) is 7.02. The fourth-order valence-corrected chi connectivity index (χ4v) is 5.00. The maximum absolute atomic E-state index is 13.8. The van der Waals surface area contributed by atoms with Crippen LogP contribution in [-0.4, -0.2) is 40.9 Å². The minimum absolute atomic E-state index is 0.000502. The smallest absolute Gasteiger partial charge is 0.270 e. The van der Waals surface area contributed by atoms with Gasteiger partial charge in [0, 0.05) is 43.0 Å². The van der Waals surface area contributed by atoms with E-state index in [1.54, 1.807) is 18.2 Å². The average Bonchev–Trinajstić information content (AvgIpc) is 3.28. The highest BCUT2D eigenvalue weighted by atomic mass is 19.1. The molecule has 1 aliphatic heterocycles. The van der Waals surface area contributed by atoms with E-state index in [9.17, 15) is 14.0 Å². The van der Waals surface area contributed by atoms with Crippen LogP contribution in [0.2, 0.25) is 0 Å². The molecule has 5 nitrogen and oxygen atoms in total. The van der Waals surface area contributed by atoms with Crippen molar-refractivity contribution < 1.29 is 14.0 Å². The SMILES string of the molecule is O=C(NCCc1ccccc1F)C1CCN(C(=O)c2cc3ccccc3n2Cc2ccccc2)CC1. The summed E-state index contributed by atoms with van der Waals surface area (Å²) < 4.78 is 15.9. The number of benzene rings is 3. The number of carbonyl (C=O) groups excluding carboxylic acids is 2. The van der Waals surface area contributed by atoms with Crippen LogP contribution in [0.1, 0.15) is 34.5 Å². The molecule has 0 unspecified atom stereocenters. The molecule has 36 heavy (non-hydrogen) atoms. The monoisotopic (exact) mass is 483 g/mol. The maximum Gasteiger partial charge on any atom is 0.270 e. The number of nitrogens with one attached hydrogen (secondary N) is 1. The zero-order chi connectivity index (χ0) is 24.9. The van der Waals surface area contributed by atoms with Crippen molar-refractivity contribution in [3.05, 3.63) is 108 Å². The zero-order valence-corrected chi connectivity index (χ0v) is 20.2. The summed E-state index contributed by atoms with van der Waals surface area (Å²) in [5, 5.41) is 3.99. The predicted molar refractivity (Wildman–Crippen MR) is 139 cm³/mol. The van der Waals surface area contributed by atoms with Gasteiger partial charge in [0.05, 0.1) is 0 Å². The molecule has 4 aromatic rings. The number of fused-ring (bicyclic) bond motifs is 1. The first kappa shape index (κ1) is 23.8. The van der Waals surface area contributed by atoms with Crippen LogP contribution >= 0.6 is 0 Å². The molecule has 0 spiro atoms. The molecular weight excluding hydrogens is 453 g/mol. The molecule has 2 amide bonds. The van der Waals surface area contributed by atoms with E-state index in [0.29, 0.717) is 56.7 Å². The number of halogens is 1. The second-order valence-corrected chi connectivity index (χ2v) is 9.36. The van der Waals surface area contributed by atoms with Crippen molar-refractivity contribution in [3.8, 4) is 0 Å². The van der Waals surface area contributed by atoms with Crippen LogP contribution in [0.3, 0.4) is 0 Å². The molecule has 1 fully saturated rings. The van der Waals surface area contributed by atoms with Gasteiger partial charge in [-0.2, -0.15) is 0 Å². The molecule has 1 aliphatic rings. The fraction of sp³-hybridized carbons (Fsp3) is 0.267. The first-order chi connectivity index (χ1) is 17.6.